The van der Waals surface area contributed by atoms with Crippen LogP contribution in [0.4, 0.5) is 0 Å². The smallest absolute Gasteiger partial charge is 0.224 e. The Kier molecular flexibility index (Phi) is 23.2. The first-order valence-electron chi connectivity index (χ1n) is 40.0. The highest BCUT2D eigenvalue weighted by Crippen LogP contribution is 2.44. The third kappa shape index (κ3) is 17.9. The van der Waals surface area contributed by atoms with Gasteiger partial charge in [-0.05, 0) is 217 Å². The van der Waals surface area contributed by atoms with E-state index in [4.69, 9.17) is 39.6 Å². The van der Waals surface area contributed by atoms with Crippen molar-refractivity contribution in [1.29, 1.82) is 0 Å². The number of aliphatic hydroxyl groups is 2. The topological polar surface area (TPSA) is 92.0 Å². The maximum Gasteiger partial charge on any atom is 0.224 e. The molecule has 0 aliphatic carbocycles. The monoisotopic (exact) mass is 1600 g/mol. The Labute approximate surface area is 714 Å². The van der Waals surface area contributed by atoms with Crippen LogP contribution in [-0.2, 0) is 0 Å². The number of thiophene rings is 2. The van der Waals surface area contributed by atoms with Crippen molar-refractivity contribution < 1.29 is 10.2 Å². The summed E-state index contributed by atoms with van der Waals surface area (Å²) in [5.74, 6) is 0.727. The molecule has 4 aromatic heterocycles. The summed E-state index contributed by atoms with van der Waals surface area (Å²) in [5, 5.41) is 23.1. The van der Waals surface area contributed by atoms with Gasteiger partial charge in [0.15, 0.2) is 5.82 Å². The molecule has 0 atom stereocenters. The van der Waals surface area contributed by atoms with Gasteiger partial charge in [0.05, 0.1) is 22.6 Å². The Morgan fingerprint density at radius 3 is 0.833 bits per heavy atom. The predicted octanol–water partition coefficient (Wildman–Crippen LogP) is 29.0. The summed E-state index contributed by atoms with van der Waals surface area (Å²) >= 11 is 9.46. The van der Waals surface area contributed by atoms with E-state index in [0.29, 0.717) is 5.28 Å². The van der Waals surface area contributed by atoms with Crippen molar-refractivity contribution >= 4 is 88.2 Å². The standard InChI is InChI=1S/C52H34N2S.C36H25B.C16H9ClN2S.C6H14O2/c1-4-14-35(15-5-1)37-26-28-38(29-27-37)40-20-12-21-41(30-40)45-32-44(36-16-6-2-7-17-36)33-46(34-45)42-22-13-23-43(31-42)51-53-50(39-18-8-3-9-19-39)49-47-24-10-11-25-48(47)55-52(49)54-51;37-36-16-8-15-32(25-36)35-23-33(27-11-5-2-6-12-27)22-34(24-35)31-14-7-13-30(21-31)29-19-17-28(18-20-29)26-9-3-1-4-10-26;17-16-18-14(10-6-2-1-3-7-10)13-11-8-4-5-9-12(11)20-15(13)19-16;1-5(2,7)6(3,4)8/h1-34H;1-25H;1-9H;7-8H,1-4H3. The number of aromatic nitrogens is 4. The lowest BCUT2D eigenvalue weighted by molar-refractivity contribution is -0.107. The molecule has 0 saturated heterocycles. The third-order valence-corrected chi connectivity index (χ3v) is 24.1. The summed E-state index contributed by atoms with van der Waals surface area (Å²) < 4.78 is 2.42. The van der Waals surface area contributed by atoms with Crippen LogP contribution in [-0.4, -0.2) is 49.2 Å². The maximum absolute atomic E-state index is 9.10. The van der Waals surface area contributed by atoms with Crippen LogP contribution in [0.3, 0.4) is 0 Å². The van der Waals surface area contributed by atoms with Gasteiger partial charge in [-0.2, -0.15) is 0 Å². The van der Waals surface area contributed by atoms with Gasteiger partial charge >= 0.3 is 0 Å². The van der Waals surface area contributed by atoms with E-state index in [1.807, 2.05) is 66.7 Å². The molecular weight excluding hydrogens is 1520 g/mol. The third-order valence-electron chi connectivity index (χ3n) is 21.8. The molecule has 2 radical (unpaired) electrons. The van der Waals surface area contributed by atoms with Gasteiger partial charge in [0, 0.05) is 47.6 Å². The second-order valence-electron chi connectivity index (χ2n) is 30.7. The van der Waals surface area contributed by atoms with E-state index in [-0.39, 0.29) is 0 Å². The van der Waals surface area contributed by atoms with Gasteiger partial charge in [0.2, 0.25) is 5.28 Å². The molecule has 6 nitrogen and oxygen atoms in total. The van der Waals surface area contributed by atoms with Gasteiger partial charge in [-0.1, -0.05) is 351 Å². The molecular formula is C110H82BClN4O2S2. The number of halogens is 1. The normalized spacial score (nSPS) is 11.3. The maximum atomic E-state index is 9.10. The Balaban J connectivity index is 0.000000135. The molecule has 20 rings (SSSR count). The molecule has 2 N–H and O–H groups in total. The highest BCUT2D eigenvalue weighted by Gasteiger charge is 2.32. The second-order valence-corrected chi connectivity index (χ2v) is 33.1. The lowest BCUT2D eigenvalue weighted by Gasteiger charge is -2.31. The average Bonchev–Trinajstić information content (AvgIpc) is 1.61. The van der Waals surface area contributed by atoms with E-state index in [1.165, 1.54) is 109 Å². The van der Waals surface area contributed by atoms with Crippen molar-refractivity contribution in [3.63, 3.8) is 0 Å². The van der Waals surface area contributed by atoms with Crippen molar-refractivity contribution in [2.24, 2.45) is 0 Å². The van der Waals surface area contributed by atoms with Crippen molar-refractivity contribution in [2.75, 3.05) is 0 Å². The molecule has 0 amide bonds. The molecule has 20 aromatic rings. The number of hydrogen-bond donors (Lipinski definition) is 2. The lowest BCUT2D eigenvalue weighted by Crippen LogP contribution is -2.44. The van der Waals surface area contributed by atoms with E-state index in [0.717, 1.165) is 82.1 Å². The number of benzene rings is 16. The zero-order chi connectivity index (χ0) is 82.1. The molecule has 0 saturated carbocycles. The van der Waals surface area contributed by atoms with Crippen LogP contribution in [0.2, 0.25) is 5.28 Å². The highest BCUT2D eigenvalue weighted by molar-refractivity contribution is 7.26. The van der Waals surface area contributed by atoms with Crippen LogP contribution in [0, 0.1) is 0 Å². The molecule has 10 heteroatoms. The molecule has 4 heterocycles. The molecule has 0 aliphatic rings. The zero-order valence-electron chi connectivity index (χ0n) is 66.7. The Hall–Kier alpha value is -13.6. The number of fused-ring (bicyclic) bond motifs is 6. The predicted molar refractivity (Wildman–Crippen MR) is 510 cm³/mol. The van der Waals surface area contributed by atoms with E-state index in [2.05, 4.69) is 356 Å². The van der Waals surface area contributed by atoms with E-state index >= 15 is 0 Å². The van der Waals surface area contributed by atoms with Gasteiger partial charge in [-0.3, -0.25) is 0 Å². The van der Waals surface area contributed by atoms with E-state index < -0.39 is 11.2 Å². The fraction of sp³-hybridized carbons (Fsp3) is 0.0545. The summed E-state index contributed by atoms with van der Waals surface area (Å²) in [4.78, 5) is 21.2. The van der Waals surface area contributed by atoms with Crippen LogP contribution < -0.4 is 5.46 Å². The van der Waals surface area contributed by atoms with Crippen LogP contribution >= 0.6 is 34.3 Å². The first-order valence-corrected chi connectivity index (χ1v) is 42.1. The van der Waals surface area contributed by atoms with Crippen molar-refractivity contribution in [3.8, 4) is 145 Å². The highest BCUT2D eigenvalue weighted by atomic mass is 35.5. The first kappa shape index (κ1) is 78.9. The SMILES string of the molecule is CC(C)(O)C(C)(C)O.Clc1nc(-c2ccccc2)c2c(n1)sc1ccccc12.[B]c1cccc(-c2cc(-c3ccccc3)cc(-c3cccc(-c4ccc(-c5ccccc5)cc4)c3)c2)c1.c1ccc(-c2ccc(-c3cccc(-c4cc(-c5ccccc5)cc(-c5cccc(-c6nc(-c7ccccc7)c7c(n6)sc6ccccc67)c5)c4)c3)cc2)cc1. The number of nitrogens with zero attached hydrogens (tertiary/aromatic N) is 4. The minimum absolute atomic E-state index is 0.294. The Bertz CT molecular complexity index is 6970. The molecule has 0 bridgehead atoms. The lowest BCUT2D eigenvalue weighted by atomic mass is 9.89. The van der Waals surface area contributed by atoms with Crippen LogP contribution in [0.25, 0.3) is 186 Å². The van der Waals surface area contributed by atoms with E-state index in [9.17, 15) is 0 Å². The number of hydrogen-bond acceptors (Lipinski definition) is 8. The minimum Gasteiger partial charge on any atom is -0.387 e. The number of rotatable bonds is 14. The molecule has 16 aromatic carbocycles. The first-order chi connectivity index (χ1) is 58.5. The molecule has 0 unspecified atom stereocenters. The van der Waals surface area contributed by atoms with Crippen LogP contribution in [0.1, 0.15) is 27.7 Å². The van der Waals surface area contributed by atoms with Gasteiger partial charge in [-0.15, -0.1) is 22.7 Å². The van der Waals surface area contributed by atoms with Crippen molar-refractivity contribution in [2.45, 2.75) is 38.9 Å². The molecule has 0 spiro atoms. The zero-order valence-corrected chi connectivity index (χ0v) is 69.1. The summed E-state index contributed by atoms with van der Waals surface area (Å²) in [6.45, 7) is 6.31. The quantitative estimate of drug-likeness (QED) is 0.0833. The summed E-state index contributed by atoms with van der Waals surface area (Å²) in [5.41, 5.74) is 27.4. The minimum atomic E-state index is -1.01. The molecule has 120 heavy (non-hydrogen) atoms. The summed E-state index contributed by atoms with van der Waals surface area (Å²) in [7, 11) is 6.13. The van der Waals surface area contributed by atoms with Gasteiger partial charge in [-0.25, -0.2) is 19.9 Å². The van der Waals surface area contributed by atoms with E-state index in [1.54, 1.807) is 50.4 Å². The summed E-state index contributed by atoms with van der Waals surface area (Å²) in [6.07, 6.45) is 0. The van der Waals surface area contributed by atoms with Crippen LogP contribution in [0.15, 0.2) is 413 Å². The fourth-order valence-corrected chi connectivity index (χ4v) is 17.1. The van der Waals surface area contributed by atoms with Gasteiger partial charge in [0.1, 0.15) is 17.5 Å². The fourth-order valence-electron chi connectivity index (χ4n) is 14.8. The summed E-state index contributed by atoms with van der Waals surface area (Å²) in [6, 6.07) is 145. The van der Waals surface area contributed by atoms with Gasteiger partial charge in [0.25, 0.3) is 0 Å². The van der Waals surface area contributed by atoms with Crippen LogP contribution in [0.5, 0.6) is 0 Å². The van der Waals surface area contributed by atoms with Gasteiger partial charge < -0.3 is 10.2 Å². The largest absolute Gasteiger partial charge is 0.387 e. The average molecular weight is 1600 g/mol. The molecule has 0 aliphatic heterocycles. The second kappa shape index (κ2) is 35.3. The molecule has 576 valence electrons. The van der Waals surface area contributed by atoms with Crippen molar-refractivity contribution in [3.05, 3.63) is 418 Å². The Morgan fingerprint density at radius 1 is 0.233 bits per heavy atom. The molecule has 0 fully saturated rings. The Morgan fingerprint density at radius 2 is 0.475 bits per heavy atom. The van der Waals surface area contributed by atoms with Crippen molar-refractivity contribution in [1.82, 2.24) is 19.9 Å².